The molecule has 0 bridgehead atoms. The molecule has 0 aliphatic rings. The quantitative estimate of drug-likeness (QED) is 0.552. The van der Waals surface area contributed by atoms with E-state index in [9.17, 15) is 18.0 Å². The molecule has 0 heterocycles. The largest absolute Gasteiger partial charge is 0.465 e. The SMILES string of the molecule is CCOC(=O)CNSC(F)(F)F. The van der Waals surface area contributed by atoms with Crippen LogP contribution >= 0.6 is 11.9 Å². The van der Waals surface area contributed by atoms with Gasteiger partial charge in [-0.2, -0.15) is 13.2 Å². The van der Waals surface area contributed by atoms with E-state index in [1.54, 1.807) is 6.92 Å². The van der Waals surface area contributed by atoms with Crippen LogP contribution < -0.4 is 4.72 Å². The summed E-state index contributed by atoms with van der Waals surface area (Å²) < 4.78 is 40.5. The van der Waals surface area contributed by atoms with E-state index >= 15 is 0 Å². The van der Waals surface area contributed by atoms with E-state index in [0.717, 1.165) is 0 Å². The molecule has 0 aliphatic heterocycles. The van der Waals surface area contributed by atoms with Crippen molar-refractivity contribution in [3.8, 4) is 0 Å². The van der Waals surface area contributed by atoms with Crippen LogP contribution in [0, 0.1) is 0 Å². The first kappa shape index (κ1) is 11.6. The summed E-state index contributed by atoms with van der Waals surface area (Å²) in [6.45, 7) is 1.30. The number of hydrogen-bond acceptors (Lipinski definition) is 4. The molecule has 72 valence electrons. The van der Waals surface area contributed by atoms with Crippen molar-refractivity contribution in [3.05, 3.63) is 0 Å². The Morgan fingerprint density at radius 3 is 2.58 bits per heavy atom. The molecule has 0 saturated heterocycles. The van der Waals surface area contributed by atoms with Crippen molar-refractivity contribution in [2.45, 2.75) is 12.4 Å². The summed E-state index contributed by atoms with van der Waals surface area (Å²) in [7, 11) is 0. The Balaban J connectivity index is 3.37. The number of ether oxygens (including phenoxy) is 1. The number of halogens is 3. The van der Waals surface area contributed by atoms with Crippen LogP contribution in [0.5, 0.6) is 0 Å². The normalized spacial score (nSPS) is 11.3. The van der Waals surface area contributed by atoms with E-state index in [2.05, 4.69) is 4.74 Å². The maximum atomic E-state index is 11.4. The molecular formula is C5H8F3NO2S. The van der Waals surface area contributed by atoms with Gasteiger partial charge in [0.25, 0.3) is 0 Å². The second kappa shape index (κ2) is 5.26. The summed E-state index contributed by atoms with van der Waals surface area (Å²) in [5, 5.41) is 0. The second-order valence-corrected chi connectivity index (χ2v) is 2.63. The Bertz CT molecular complexity index is 150. The Labute approximate surface area is 71.8 Å². The maximum Gasteiger partial charge on any atom is 0.456 e. The van der Waals surface area contributed by atoms with Crippen molar-refractivity contribution >= 4 is 17.9 Å². The first-order valence-electron chi connectivity index (χ1n) is 3.09. The minimum atomic E-state index is -4.37. The summed E-state index contributed by atoms with van der Waals surface area (Å²) >= 11 is -0.463. The van der Waals surface area contributed by atoms with Crippen LogP contribution in [0.1, 0.15) is 6.92 Å². The zero-order chi connectivity index (χ0) is 9.61. The first-order chi connectivity index (χ1) is 5.45. The van der Waals surface area contributed by atoms with E-state index in [1.807, 2.05) is 4.72 Å². The van der Waals surface area contributed by atoms with Gasteiger partial charge in [-0.3, -0.25) is 4.79 Å². The van der Waals surface area contributed by atoms with Gasteiger partial charge in [-0.05, 0) is 6.92 Å². The number of carbonyl (C=O) groups excluding carboxylic acids is 1. The highest BCUT2D eigenvalue weighted by Crippen LogP contribution is 2.26. The molecule has 0 fully saturated rings. The molecule has 0 unspecified atom stereocenters. The average Bonchev–Trinajstić information content (AvgIpc) is 1.84. The lowest BCUT2D eigenvalue weighted by atomic mass is 10.7. The zero-order valence-electron chi connectivity index (χ0n) is 6.27. The van der Waals surface area contributed by atoms with Crippen LogP contribution in [0.2, 0.25) is 0 Å². The lowest BCUT2D eigenvalue weighted by Crippen LogP contribution is -2.22. The van der Waals surface area contributed by atoms with Gasteiger partial charge in [0.05, 0.1) is 6.61 Å². The minimum Gasteiger partial charge on any atom is -0.465 e. The van der Waals surface area contributed by atoms with Gasteiger partial charge in [-0.1, -0.05) is 0 Å². The summed E-state index contributed by atoms with van der Waals surface area (Å²) in [5.74, 6) is -0.700. The number of carbonyl (C=O) groups is 1. The van der Waals surface area contributed by atoms with Crippen molar-refractivity contribution in [1.82, 2.24) is 4.72 Å². The number of rotatable bonds is 4. The highest BCUT2D eigenvalue weighted by Gasteiger charge is 2.28. The molecule has 0 amide bonds. The topological polar surface area (TPSA) is 38.3 Å². The van der Waals surface area contributed by atoms with Crippen molar-refractivity contribution in [2.75, 3.05) is 13.2 Å². The summed E-state index contributed by atoms with van der Waals surface area (Å²) in [6, 6.07) is 0. The van der Waals surface area contributed by atoms with Crippen molar-refractivity contribution in [2.24, 2.45) is 0 Å². The standard InChI is InChI=1S/C5H8F3NO2S/c1-2-11-4(10)3-9-12-5(6,7)8/h9H,2-3H2,1H3. The fraction of sp³-hybridized carbons (Fsp3) is 0.800. The minimum absolute atomic E-state index is 0.164. The van der Waals surface area contributed by atoms with Gasteiger partial charge in [-0.15, -0.1) is 0 Å². The first-order valence-corrected chi connectivity index (χ1v) is 3.90. The molecule has 0 aliphatic carbocycles. The molecular weight excluding hydrogens is 195 g/mol. The van der Waals surface area contributed by atoms with Crippen LogP contribution in [0.4, 0.5) is 13.2 Å². The molecule has 7 heteroatoms. The number of esters is 1. The van der Waals surface area contributed by atoms with Crippen molar-refractivity contribution < 1.29 is 22.7 Å². The number of hydrogen-bond donors (Lipinski definition) is 1. The highest BCUT2D eigenvalue weighted by molar-refractivity contribution is 7.98. The molecule has 0 aromatic rings. The number of alkyl halides is 3. The van der Waals surface area contributed by atoms with Crippen LogP contribution in [-0.2, 0) is 9.53 Å². The fourth-order valence-electron chi connectivity index (χ4n) is 0.389. The van der Waals surface area contributed by atoms with Gasteiger partial charge in [0, 0.05) is 11.9 Å². The van der Waals surface area contributed by atoms with E-state index in [4.69, 9.17) is 0 Å². The summed E-state index contributed by atoms with van der Waals surface area (Å²) in [5.41, 5.74) is -4.37. The van der Waals surface area contributed by atoms with Crippen LogP contribution in [0.15, 0.2) is 0 Å². The average molecular weight is 203 g/mol. The van der Waals surface area contributed by atoms with E-state index in [1.165, 1.54) is 0 Å². The van der Waals surface area contributed by atoms with E-state index in [0.29, 0.717) is 0 Å². The monoisotopic (exact) mass is 203 g/mol. The Kier molecular flexibility index (Phi) is 5.07. The Morgan fingerprint density at radius 2 is 2.17 bits per heavy atom. The van der Waals surface area contributed by atoms with Crippen LogP contribution in [0.25, 0.3) is 0 Å². The van der Waals surface area contributed by atoms with E-state index < -0.39 is 30.0 Å². The molecule has 0 radical (unpaired) electrons. The molecule has 0 spiro atoms. The predicted molar refractivity (Wildman–Crippen MR) is 38.3 cm³/mol. The third-order valence-electron chi connectivity index (χ3n) is 0.710. The zero-order valence-corrected chi connectivity index (χ0v) is 7.09. The van der Waals surface area contributed by atoms with E-state index in [-0.39, 0.29) is 6.61 Å². The maximum absolute atomic E-state index is 11.4. The summed E-state index contributed by atoms with van der Waals surface area (Å²) in [6.07, 6.45) is 0. The van der Waals surface area contributed by atoms with Crippen LogP contribution in [-0.4, -0.2) is 24.6 Å². The predicted octanol–water partition coefficient (Wildman–Crippen LogP) is 1.31. The molecule has 0 rings (SSSR count). The van der Waals surface area contributed by atoms with Gasteiger partial charge in [0.1, 0.15) is 6.54 Å². The smallest absolute Gasteiger partial charge is 0.456 e. The lowest BCUT2D eigenvalue weighted by molar-refractivity contribution is -0.141. The van der Waals surface area contributed by atoms with Gasteiger partial charge in [0.15, 0.2) is 0 Å². The molecule has 0 saturated carbocycles. The van der Waals surface area contributed by atoms with Crippen LogP contribution in [0.3, 0.4) is 0 Å². The van der Waals surface area contributed by atoms with Crippen molar-refractivity contribution in [3.63, 3.8) is 0 Å². The van der Waals surface area contributed by atoms with Gasteiger partial charge in [0.2, 0.25) is 0 Å². The Morgan fingerprint density at radius 1 is 1.58 bits per heavy atom. The summed E-state index contributed by atoms with van der Waals surface area (Å²) in [4.78, 5) is 10.5. The molecule has 3 nitrogen and oxygen atoms in total. The number of nitrogens with one attached hydrogen (secondary N) is 1. The molecule has 1 N–H and O–H groups in total. The second-order valence-electron chi connectivity index (χ2n) is 1.67. The fourth-order valence-corrected chi connectivity index (χ4v) is 0.743. The third kappa shape index (κ3) is 7.67. The molecule has 0 atom stereocenters. The molecule has 12 heavy (non-hydrogen) atoms. The molecule has 0 aromatic carbocycles. The van der Waals surface area contributed by atoms with Gasteiger partial charge < -0.3 is 4.74 Å². The molecule has 0 aromatic heterocycles. The Hall–Kier alpha value is -0.430. The van der Waals surface area contributed by atoms with Gasteiger partial charge in [-0.25, -0.2) is 4.72 Å². The highest BCUT2D eigenvalue weighted by atomic mass is 32.2. The van der Waals surface area contributed by atoms with Crippen molar-refractivity contribution in [1.29, 1.82) is 0 Å². The van der Waals surface area contributed by atoms with Gasteiger partial charge >= 0.3 is 11.5 Å². The third-order valence-corrected chi connectivity index (χ3v) is 1.23. The lowest BCUT2D eigenvalue weighted by Gasteiger charge is -2.05.